The minimum absolute atomic E-state index is 0.0231. The standard InChI is InChI=1S/C18H19F2N5O6S2/c19-13-4-1-3-11(16(13)20)10-32-17-21-14(23-33(28,29)24-5-2-6-24)7-15(22-17)31-12-8-25(18(26)27)30-9-12/h1,3-4,7,12H,2,5-6,8-10H2,(H,26,27)(H,21,22,23). The monoisotopic (exact) mass is 503 g/mol. The maximum Gasteiger partial charge on any atom is 0.431 e. The zero-order valence-electron chi connectivity index (χ0n) is 17.0. The van der Waals surface area contributed by atoms with Crippen molar-refractivity contribution in [1.82, 2.24) is 19.3 Å². The van der Waals surface area contributed by atoms with Crippen LogP contribution >= 0.6 is 11.8 Å². The summed E-state index contributed by atoms with van der Waals surface area (Å²) in [6.07, 6.45) is -1.21. The summed E-state index contributed by atoms with van der Waals surface area (Å²) >= 11 is 0.949. The van der Waals surface area contributed by atoms with Crippen molar-refractivity contribution in [3.05, 3.63) is 41.5 Å². The normalized spacial score (nSPS) is 18.7. The molecule has 2 N–H and O–H groups in total. The van der Waals surface area contributed by atoms with Crippen LogP contribution in [0.3, 0.4) is 0 Å². The summed E-state index contributed by atoms with van der Waals surface area (Å²) in [5.74, 6) is -2.12. The summed E-state index contributed by atoms with van der Waals surface area (Å²) in [6, 6.07) is 5.04. The fourth-order valence-electron chi connectivity index (χ4n) is 2.95. The number of ether oxygens (including phenoxy) is 1. The number of hydrogen-bond acceptors (Lipinski definition) is 8. The molecule has 11 nitrogen and oxygen atoms in total. The first kappa shape index (κ1) is 23.4. The third-order valence-electron chi connectivity index (χ3n) is 4.75. The van der Waals surface area contributed by atoms with Crippen molar-refractivity contribution in [2.75, 3.05) is 31.0 Å². The lowest BCUT2D eigenvalue weighted by Gasteiger charge is -2.29. The van der Waals surface area contributed by atoms with Gasteiger partial charge in [0.2, 0.25) is 5.88 Å². The molecule has 2 fully saturated rings. The molecule has 2 aromatic rings. The van der Waals surface area contributed by atoms with E-state index in [9.17, 15) is 22.0 Å². The topological polar surface area (TPSA) is 134 Å². The van der Waals surface area contributed by atoms with Crippen LogP contribution in [0.25, 0.3) is 0 Å². The first-order chi connectivity index (χ1) is 15.7. The fourth-order valence-corrected chi connectivity index (χ4v) is 5.01. The number of carbonyl (C=O) groups is 1. The molecule has 33 heavy (non-hydrogen) atoms. The van der Waals surface area contributed by atoms with Crippen LogP contribution in [0.5, 0.6) is 5.88 Å². The van der Waals surface area contributed by atoms with Gasteiger partial charge in [0.25, 0.3) is 0 Å². The van der Waals surface area contributed by atoms with E-state index >= 15 is 0 Å². The highest BCUT2D eigenvalue weighted by Crippen LogP contribution is 2.27. The molecule has 0 aliphatic carbocycles. The van der Waals surface area contributed by atoms with Crippen LogP contribution < -0.4 is 9.46 Å². The van der Waals surface area contributed by atoms with E-state index in [0.29, 0.717) is 18.2 Å². The number of anilines is 1. The van der Waals surface area contributed by atoms with E-state index in [0.717, 1.165) is 24.2 Å². The van der Waals surface area contributed by atoms with Crippen molar-refractivity contribution in [1.29, 1.82) is 0 Å². The molecule has 0 spiro atoms. The van der Waals surface area contributed by atoms with Crippen LogP contribution in [0.1, 0.15) is 12.0 Å². The Balaban J connectivity index is 1.54. The fraction of sp³-hybridized carbons (Fsp3) is 0.389. The van der Waals surface area contributed by atoms with Crippen molar-refractivity contribution in [2.24, 2.45) is 0 Å². The van der Waals surface area contributed by atoms with Gasteiger partial charge in [-0.15, -0.1) is 0 Å². The largest absolute Gasteiger partial charge is 0.470 e. The predicted molar refractivity (Wildman–Crippen MR) is 112 cm³/mol. The van der Waals surface area contributed by atoms with Gasteiger partial charge in [-0.3, -0.25) is 9.56 Å². The number of rotatable bonds is 8. The van der Waals surface area contributed by atoms with Crippen LogP contribution in [0, 0.1) is 11.6 Å². The molecule has 3 heterocycles. The quantitative estimate of drug-likeness (QED) is 0.410. The van der Waals surface area contributed by atoms with Crippen molar-refractivity contribution in [3.8, 4) is 5.88 Å². The van der Waals surface area contributed by atoms with Crippen molar-refractivity contribution in [2.45, 2.75) is 23.4 Å². The van der Waals surface area contributed by atoms with Gasteiger partial charge in [-0.05, 0) is 12.5 Å². The molecule has 2 aliphatic rings. The summed E-state index contributed by atoms with van der Waals surface area (Å²) in [7, 11) is -3.83. The van der Waals surface area contributed by atoms with Gasteiger partial charge in [0, 0.05) is 30.5 Å². The van der Waals surface area contributed by atoms with Crippen LogP contribution in [-0.2, 0) is 20.8 Å². The lowest BCUT2D eigenvalue weighted by molar-refractivity contribution is -0.0839. The van der Waals surface area contributed by atoms with E-state index in [4.69, 9.17) is 14.7 Å². The van der Waals surface area contributed by atoms with Gasteiger partial charge >= 0.3 is 16.3 Å². The Morgan fingerprint density at radius 1 is 1.33 bits per heavy atom. The van der Waals surface area contributed by atoms with Gasteiger partial charge in [-0.25, -0.2) is 18.6 Å². The molecule has 1 atom stereocenters. The summed E-state index contributed by atoms with van der Waals surface area (Å²) in [4.78, 5) is 24.3. The molecule has 15 heteroatoms. The zero-order valence-corrected chi connectivity index (χ0v) is 18.6. The van der Waals surface area contributed by atoms with Crippen LogP contribution in [-0.4, -0.2) is 71.3 Å². The average molecular weight is 504 g/mol. The van der Waals surface area contributed by atoms with E-state index in [-0.39, 0.29) is 41.3 Å². The van der Waals surface area contributed by atoms with Crippen molar-refractivity contribution >= 4 is 33.9 Å². The number of nitrogens with one attached hydrogen (secondary N) is 1. The Bertz CT molecular complexity index is 1150. The Labute approximate surface area is 191 Å². The zero-order chi connectivity index (χ0) is 23.6. The number of benzene rings is 1. The molecule has 2 aliphatic heterocycles. The summed E-state index contributed by atoms with van der Waals surface area (Å²) in [6.45, 7) is 0.636. The molecule has 178 valence electrons. The number of hydrogen-bond donors (Lipinski definition) is 2. The Kier molecular flexibility index (Phi) is 6.83. The summed E-state index contributed by atoms with van der Waals surface area (Å²) in [5.41, 5.74) is 0.0823. The highest BCUT2D eigenvalue weighted by atomic mass is 32.2. The number of aromatic nitrogens is 2. The number of amides is 1. The highest BCUT2D eigenvalue weighted by molar-refractivity contribution is 7.98. The number of halogens is 2. The van der Waals surface area contributed by atoms with E-state index in [1.165, 1.54) is 22.5 Å². The lowest BCUT2D eigenvalue weighted by atomic mass is 10.2. The molecule has 0 saturated carbocycles. The number of nitrogens with zero attached hydrogens (tertiary/aromatic N) is 4. The second-order valence-corrected chi connectivity index (χ2v) is 9.73. The minimum atomic E-state index is -3.83. The molecular weight excluding hydrogens is 484 g/mol. The Hall–Kier alpha value is -2.75. The third kappa shape index (κ3) is 5.61. The molecular formula is C18H19F2N5O6S2. The second-order valence-electron chi connectivity index (χ2n) is 7.11. The van der Waals surface area contributed by atoms with Crippen LogP contribution in [0.15, 0.2) is 29.4 Å². The van der Waals surface area contributed by atoms with Gasteiger partial charge in [0.15, 0.2) is 16.8 Å². The molecule has 0 bridgehead atoms. The molecule has 1 aromatic carbocycles. The van der Waals surface area contributed by atoms with E-state index in [2.05, 4.69) is 14.7 Å². The number of carboxylic acid groups (broad SMARTS) is 1. The number of hydroxylamine groups is 2. The molecule has 1 unspecified atom stereocenters. The van der Waals surface area contributed by atoms with Crippen LogP contribution in [0.2, 0.25) is 0 Å². The van der Waals surface area contributed by atoms with E-state index < -0.39 is 34.0 Å². The molecule has 1 aromatic heterocycles. The Morgan fingerprint density at radius 3 is 2.79 bits per heavy atom. The van der Waals surface area contributed by atoms with E-state index in [1.807, 2.05) is 0 Å². The summed E-state index contributed by atoms with van der Waals surface area (Å²) < 4.78 is 61.6. The van der Waals surface area contributed by atoms with E-state index in [1.54, 1.807) is 0 Å². The maximum atomic E-state index is 14.0. The smallest absolute Gasteiger partial charge is 0.431 e. The molecule has 4 rings (SSSR count). The molecule has 1 amide bonds. The predicted octanol–water partition coefficient (Wildman–Crippen LogP) is 2.08. The minimum Gasteiger partial charge on any atom is -0.470 e. The van der Waals surface area contributed by atoms with Crippen molar-refractivity contribution in [3.63, 3.8) is 0 Å². The molecule has 0 radical (unpaired) electrons. The first-order valence-electron chi connectivity index (χ1n) is 9.74. The Morgan fingerprint density at radius 2 is 2.12 bits per heavy atom. The maximum absolute atomic E-state index is 14.0. The molecule has 2 saturated heterocycles. The van der Waals surface area contributed by atoms with Crippen molar-refractivity contribution < 1.29 is 36.7 Å². The lowest BCUT2D eigenvalue weighted by Crippen LogP contribution is -2.45. The average Bonchev–Trinajstić information content (AvgIpc) is 3.15. The van der Waals surface area contributed by atoms with Gasteiger partial charge in [-0.2, -0.15) is 22.8 Å². The van der Waals surface area contributed by atoms with Gasteiger partial charge in [0.05, 0.1) is 6.54 Å². The number of thioether (sulfide) groups is 1. The third-order valence-corrected chi connectivity index (χ3v) is 7.15. The van der Waals surface area contributed by atoms with Gasteiger partial charge < -0.3 is 9.84 Å². The highest BCUT2D eigenvalue weighted by Gasteiger charge is 2.31. The summed E-state index contributed by atoms with van der Waals surface area (Å²) in [5, 5.41) is 9.75. The van der Waals surface area contributed by atoms with Crippen LogP contribution in [0.4, 0.5) is 19.4 Å². The SMILES string of the molecule is O=C(O)N1CC(Oc2cc(NS(=O)(=O)N3CCC3)nc(SCc3cccc(F)c3F)n2)CO1. The second kappa shape index (κ2) is 9.62. The van der Waals surface area contributed by atoms with Gasteiger partial charge in [0.1, 0.15) is 18.5 Å². The van der Waals surface area contributed by atoms with Gasteiger partial charge in [-0.1, -0.05) is 23.9 Å². The first-order valence-corrected chi connectivity index (χ1v) is 12.2.